The van der Waals surface area contributed by atoms with Gasteiger partial charge in [-0.15, -0.1) is 0 Å². The van der Waals surface area contributed by atoms with Gasteiger partial charge in [0.2, 0.25) is 0 Å². The maximum absolute atomic E-state index is 13.3. The monoisotopic (exact) mass is 335 g/mol. The molecule has 0 bridgehead atoms. The number of nitrogens with one attached hydrogen (secondary N) is 1. The van der Waals surface area contributed by atoms with E-state index in [1.807, 2.05) is 6.07 Å². The topological polar surface area (TPSA) is 21.3 Å². The molecule has 1 aliphatic carbocycles. The first-order valence-electron chi connectivity index (χ1n) is 6.56. The molecule has 1 N–H and O–H groups in total. The molecule has 1 atom stereocenters. The van der Waals surface area contributed by atoms with Crippen molar-refractivity contribution in [2.45, 2.75) is 18.9 Å². The number of anilines is 1. The largest absolute Gasteiger partial charge is 0.497 e. The average Bonchev–Trinajstić information content (AvgIpc) is 2.85. The Bertz CT molecular complexity index is 644. The predicted molar refractivity (Wildman–Crippen MR) is 81.8 cm³/mol. The van der Waals surface area contributed by atoms with Crippen molar-refractivity contribution in [2.24, 2.45) is 0 Å². The maximum Gasteiger partial charge on any atom is 0.137 e. The van der Waals surface area contributed by atoms with E-state index >= 15 is 0 Å². The summed E-state index contributed by atoms with van der Waals surface area (Å²) in [5.74, 6) is 0.627. The molecule has 0 spiro atoms. The minimum Gasteiger partial charge on any atom is -0.497 e. The number of aryl methyl sites for hydroxylation is 1. The Balaban J connectivity index is 1.85. The van der Waals surface area contributed by atoms with E-state index in [9.17, 15) is 4.39 Å². The van der Waals surface area contributed by atoms with Crippen molar-refractivity contribution in [3.63, 3.8) is 0 Å². The van der Waals surface area contributed by atoms with Gasteiger partial charge in [0.05, 0.1) is 17.6 Å². The van der Waals surface area contributed by atoms with Crippen LogP contribution in [-0.2, 0) is 6.42 Å². The van der Waals surface area contributed by atoms with Crippen LogP contribution in [0.3, 0.4) is 0 Å². The summed E-state index contributed by atoms with van der Waals surface area (Å²) < 4.78 is 19.0. The molecule has 3 rings (SSSR count). The third-order valence-electron chi connectivity index (χ3n) is 3.69. The molecule has 4 heteroatoms. The molecular weight excluding hydrogens is 321 g/mol. The van der Waals surface area contributed by atoms with Gasteiger partial charge in [0.25, 0.3) is 0 Å². The smallest absolute Gasteiger partial charge is 0.137 e. The van der Waals surface area contributed by atoms with Gasteiger partial charge in [-0.2, -0.15) is 0 Å². The van der Waals surface area contributed by atoms with Crippen LogP contribution in [-0.4, -0.2) is 7.11 Å². The van der Waals surface area contributed by atoms with Gasteiger partial charge in [0, 0.05) is 5.69 Å². The third-order valence-corrected chi connectivity index (χ3v) is 4.30. The van der Waals surface area contributed by atoms with Gasteiger partial charge in [-0.1, -0.05) is 6.07 Å². The molecule has 0 saturated carbocycles. The Labute approximate surface area is 126 Å². The summed E-state index contributed by atoms with van der Waals surface area (Å²) in [6, 6.07) is 11.4. The highest BCUT2D eigenvalue weighted by molar-refractivity contribution is 9.10. The number of fused-ring (bicyclic) bond motifs is 1. The summed E-state index contributed by atoms with van der Waals surface area (Å²) in [4.78, 5) is 0. The van der Waals surface area contributed by atoms with Crippen LogP contribution in [0.5, 0.6) is 5.75 Å². The van der Waals surface area contributed by atoms with E-state index in [2.05, 4.69) is 33.4 Å². The van der Waals surface area contributed by atoms with Crippen LogP contribution in [0.2, 0.25) is 0 Å². The second-order valence-electron chi connectivity index (χ2n) is 4.93. The summed E-state index contributed by atoms with van der Waals surface area (Å²) in [6.45, 7) is 0. The molecule has 2 aromatic rings. The van der Waals surface area contributed by atoms with Crippen molar-refractivity contribution < 1.29 is 9.13 Å². The summed E-state index contributed by atoms with van der Waals surface area (Å²) >= 11 is 3.21. The Kier molecular flexibility index (Phi) is 3.66. The van der Waals surface area contributed by atoms with Crippen LogP contribution in [0, 0.1) is 5.82 Å². The predicted octanol–water partition coefficient (Wildman–Crippen LogP) is 4.70. The molecule has 20 heavy (non-hydrogen) atoms. The first kappa shape index (κ1) is 13.4. The average molecular weight is 336 g/mol. The normalized spacial score (nSPS) is 16.9. The molecule has 104 valence electrons. The second kappa shape index (κ2) is 5.44. The van der Waals surface area contributed by atoms with Crippen LogP contribution in [0.1, 0.15) is 23.6 Å². The van der Waals surface area contributed by atoms with Crippen molar-refractivity contribution in [2.75, 3.05) is 12.4 Å². The molecule has 0 aromatic heterocycles. The van der Waals surface area contributed by atoms with Crippen LogP contribution >= 0.6 is 15.9 Å². The molecule has 2 aromatic carbocycles. The van der Waals surface area contributed by atoms with E-state index in [0.717, 1.165) is 24.3 Å². The van der Waals surface area contributed by atoms with E-state index in [0.29, 0.717) is 4.47 Å². The van der Waals surface area contributed by atoms with E-state index in [4.69, 9.17) is 4.74 Å². The number of rotatable bonds is 3. The third kappa shape index (κ3) is 2.52. The molecule has 0 amide bonds. The van der Waals surface area contributed by atoms with Crippen LogP contribution in [0.4, 0.5) is 10.1 Å². The SMILES string of the molecule is COc1ccc2c(c1)C(Nc1ccc(F)c(Br)c1)CC2. The van der Waals surface area contributed by atoms with Crippen molar-refractivity contribution >= 4 is 21.6 Å². The summed E-state index contributed by atoms with van der Waals surface area (Å²) in [6.07, 6.45) is 2.09. The minimum absolute atomic E-state index is 0.246. The number of ether oxygens (including phenoxy) is 1. The van der Waals surface area contributed by atoms with Gasteiger partial charge in [-0.25, -0.2) is 4.39 Å². The van der Waals surface area contributed by atoms with E-state index < -0.39 is 0 Å². The molecular formula is C16H15BrFNO. The maximum atomic E-state index is 13.3. The molecule has 0 fully saturated rings. The quantitative estimate of drug-likeness (QED) is 0.877. The molecule has 2 nitrogen and oxygen atoms in total. The lowest BCUT2D eigenvalue weighted by Gasteiger charge is -2.16. The van der Waals surface area contributed by atoms with E-state index in [-0.39, 0.29) is 11.9 Å². The lowest BCUT2D eigenvalue weighted by Crippen LogP contribution is -2.07. The highest BCUT2D eigenvalue weighted by Crippen LogP contribution is 2.36. The second-order valence-corrected chi connectivity index (χ2v) is 5.78. The lowest BCUT2D eigenvalue weighted by molar-refractivity contribution is 0.414. The lowest BCUT2D eigenvalue weighted by atomic mass is 10.1. The summed E-state index contributed by atoms with van der Waals surface area (Å²) in [5.41, 5.74) is 3.54. The van der Waals surface area contributed by atoms with Gasteiger partial charge in [0.15, 0.2) is 0 Å². The number of halogens is 2. The van der Waals surface area contributed by atoms with Crippen LogP contribution in [0.15, 0.2) is 40.9 Å². The summed E-state index contributed by atoms with van der Waals surface area (Å²) in [7, 11) is 1.68. The Morgan fingerprint density at radius 2 is 2.10 bits per heavy atom. The van der Waals surface area contributed by atoms with Crippen molar-refractivity contribution in [1.29, 1.82) is 0 Å². The highest BCUT2D eigenvalue weighted by Gasteiger charge is 2.23. The fraction of sp³-hybridized carbons (Fsp3) is 0.250. The van der Waals surface area contributed by atoms with Crippen LogP contribution < -0.4 is 10.1 Å². The molecule has 0 aliphatic heterocycles. The van der Waals surface area contributed by atoms with Crippen molar-refractivity contribution in [3.8, 4) is 5.75 Å². The molecule has 1 aliphatic rings. The van der Waals surface area contributed by atoms with Gasteiger partial charge in [-0.3, -0.25) is 0 Å². The fourth-order valence-corrected chi connectivity index (χ4v) is 3.02. The standard InChI is InChI=1S/C16H15BrFNO/c1-20-12-5-2-10-3-7-16(13(10)9-12)19-11-4-6-15(18)14(17)8-11/h2,4-6,8-9,16,19H,3,7H2,1H3. The zero-order valence-electron chi connectivity index (χ0n) is 11.1. The molecule has 1 unspecified atom stereocenters. The molecule has 0 saturated heterocycles. The Morgan fingerprint density at radius 1 is 1.25 bits per heavy atom. The van der Waals surface area contributed by atoms with Gasteiger partial charge in [-0.05, 0) is 70.2 Å². The first-order chi connectivity index (χ1) is 9.67. The summed E-state index contributed by atoms with van der Waals surface area (Å²) in [5, 5.41) is 3.46. The fourth-order valence-electron chi connectivity index (χ4n) is 2.64. The van der Waals surface area contributed by atoms with E-state index in [1.165, 1.54) is 17.2 Å². The zero-order chi connectivity index (χ0) is 14.1. The highest BCUT2D eigenvalue weighted by atomic mass is 79.9. The van der Waals surface area contributed by atoms with E-state index in [1.54, 1.807) is 19.2 Å². The van der Waals surface area contributed by atoms with Crippen molar-refractivity contribution in [1.82, 2.24) is 0 Å². The molecule has 0 radical (unpaired) electrons. The minimum atomic E-state index is -0.246. The van der Waals surface area contributed by atoms with Gasteiger partial charge in [0.1, 0.15) is 11.6 Å². The number of benzene rings is 2. The number of hydrogen-bond acceptors (Lipinski definition) is 2. The number of hydrogen-bond donors (Lipinski definition) is 1. The van der Waals surface area contributed by atoms with Crippen LogP contribution in [0.25, 0.3) is 0 Å². The van der Waals surface area contributed by atoms with Gasteiger partial charge < -0.3 is 10.1 Å². The first-order valence-corrected chi connectivity index (χ1v) is 7.35. The Morgan fingerprint density at radius 3 is 2.85 bits per heavy atom. The van der Waals surface area contributed by atoms with Gasteiger partial charge >= 0.3 is 0 Å². The Hall–Kier alpha value is -1.55. The zero-order valence-corrected chi connectivity index (χ0v) is 12.7. The van der Waals surface area contributed by atoms with Crippen molar-refractivity contribution in [3.05, 3.63) is 57.8 Å². The number of methoxy groups -OCH3 is 1. The molecule has 0 heterocycles.